The highest BCUT2D eigenvalue weighted by Crippen LogP contribution is 2.47. The van der Waals surface area contributed by atoms with Crippen LogP contribution in [-0.2, 0) is 6.42 Å². The van der Waals surface area contributed by atoms with Crippen molar-refractivity contribution in [3.8, 4) is 0 Å². The van der Waals surface area contributed by atoms with Gasteiger partial charge in [0.15, 0.2) is 5.78 Å². The number of carbonyl (C=O) groups excluding carboxylic acids is 1. The van der Waals surface area contributed by atoms with E-state index in [0.717, 1.165) is 27.3 Å². The second-order valence-corrected chi connectivity index (χ2v) is 12.8. The van der Waals surface area contributed by atoms with E-state index in [0.29, 0.717) is 6.42 Å². The van der Waals surface area contributed by atoms with Crippen LogP contribution in [0.25, 0.3) is 10.9 Å². The lowest BCUT2D eigenvalue weighted by Crippen LogP contribution is -2.34. The number of para-hydroxylation sites is 1. The van der Waals surface area contributed by atoms with Gasteiger partial charge in [-0.2, -0.15) is 0 Å². The first-order valence-corrected chi connectivity index (χ1v) is 14.6. The molecule has 0 aliphatic carbocycles. The normalized spacial score (nSPS) is 11.4. The number of ketones is 1. The van der Waals surface area contributed by atoms with Crippen molar-refractivity contribution in [1.29, 1.82) is 0 Å². The monoisotopic (exact) mass is 509 g/mol. The molecule has 2 nitrogen and oxygen atoms in total. The van der Waals surface area contributed by atoms with E-state index in [1.807, 2.05) is 54.6 Å². The van der Waals surface area contributed by atoms with E-state index in [1.54, 1.807) is 0 Å². The van der Waals surface area contributed by atoms with Crippen molar-refractivity contribution in [3.63, 3.8) is 0 Å². The average molecular weight is 510 g/mol. The van der Waals surface area contributed by atoms with Gasteiger partial charge in [-0.15, -0.1) is 0 Å². The van der Waals surface area contributed by atoms with Crippen LogP contribution in [0.5, 0.6) is 0 Å². The van der Waals surface area contributed by atoms with Crippen LogP contribution in [0.15, 0.2) is 152 Å². The van der Waals surface area contributed by atoms with E-state index in [9.17, 15) is 4.79 Å². The molecule has 0 radical (unpaired) electrons. The van der Waals surface area contributed by atoms with Gasteiger partial charge in [0, 0.05) is 34.4 Å². The Hall–Kier alpha value is -4.39. The first kappa shape index (κ1) is 24.0. The molecule has 0 spiro atoms. The van der Waals surface area contributed by atoms with E-state index in [4.69, 9.17) is 0 Å². The van der Waals surface area contributed by atoms with Gasteiger partial charge in [-0.3, -0.25) is 4.79 Å². The second kappa shape index (κ2) is 10.5. The van der Waals surface area contributed by atoms with Crippen molar-refractivity contribution in [1.82, 2.24) is 4.98 Å². The number of nitrogens with one attached hydrogen (secondary N) is 1. The smallest absolute Gasteiger partial charge is 0.190 e. The van der Waals surface area contributed by atoms with Gasteiger partial charge >= 0.3 is 0 Å². The maximum Gasteiger partial charge on any atom is 0.190 e. The van der Waals surface area contributed by atoms with E-state index in [-0.39, 0.29) is 5.78 Å². The Labute approximate surface area is 223 Å². The predicted octanol–water partition coefficient (Wildman–Crippen LogP) is 6.76. The number of benzene rings is 5. The summed E-state index contributed by atoms with van der Waals surface area (Å²) in [5.41, 5.74) is 2.93. The quantitative estimate of drug-likeness (QED) is 0.187. The Morgan fingerprint density at radius 3 is 1.53 bits per heavy atom. The highest BCUT2D eigenvalue weighted by Gasteiger charge is 2.33. The Bertz CT molecular complexity index is 1630. The number of hydrogen-bond acceptors (Lipinski definition) is 1. The Morgan fingerprint density at radius 2 is 1.00 bits per heavy atom. The molecule has 1 aromatic heterocycles. The standard InChI is InChI=1S/C35H28NOP/c37-35(27-15-5-1-6-16-27)34(25-28-26-36-33-24-14-13-23-32(28)33)38(29-17-7-2-8-18-29,30-19-9-3-10-20-30)31-21-11-4-12-22-31/h1-24,26,36H,25H2. The molecule has 38 heavy (non-hydrogen) atoms. The molecule has 0 aliphatic rings. The molecule has 6 rings (SSSR count). The Balaban J connectivity index is 1.79. The molecule has 0 saturated heterocycles. The zero-order chi connectivity index (χ0) is 25.8. The summed E-state index contributed by atoms with van der Waals surface area (Å²) >= 11 is 0. The summed E-state index contributed by atoms with van der Waals surface area (Å²) in [5.74, 6) is 0.0979. The molecule has 0 unspecified atom stereocenters. The van der Waals surface area contributed by atoms with Gasteiger partial charge in [0.25, 0.3) is 0 Å². The molecular weight excluding hydrogens is 481 g/mol. The number of H-pyrrole nitrogens is 1. The van der Waals surface area contributed by atoms with Crippen LogP contribution >= 0.6 is 6.89 Å². The van der Waals surface area contributed by atoms with Crippen LogP contribution in [0, 0.1) is 0 Å². The number of fused-ring (bicyclic) bond motifs is 1. The first-order chi connectivity index (χ1) is 18.8. The van der Waals surface area contributed by atoms with Crippen LogP contribution < -0.4 is 15.9 Å². The summed E-state index contributed by atoms with van der Waals surface area (Å²) in [7, 11) is 0. The van der Waals surface area contributed by atoms with E-state index in [1.165, 1.54) is 15.9 Å². The maximum atomic E-state index is 14.8. The zero-order valence-corrected chi connectivity index (χ0v) is 21.9. The highest BCUT2D eigenvalue weighted by atomic mass is 31.2. The molecule has 0 fully saturated rings. The summed E-state index contributed by atoms with van der Waals surface area (Å²) in [6.07, 6.45) is 2.61. The number of carbonyl (C=O) groups is 1. The van der Waals surface area contributed by atoms with E-state index in [2.05, 4.69) is 102 Å². The Kier molecular flexibility index (Phi) is 6.65. The van der Waals surface area contributed by atoms with Crippen molar-refractivity contribution in [2.75, 3.05) is 0 Å². The molecule has 1 heterocycles. The van der Waals surface area contributed by atoms with Crippen LogP contribution in [0.4, 0.5) is 0 Å². The molecule has 184 valence electrons. The lowest BCUT2D eigenvalue weighted by Gasteiger charge is -2.32. The van der Waals surface area contributed by atoms with Gasteiger partial charge in [0.1, 0.15) is 0 Å². The minimum atomic E-state index is -2.55. The number of aromatic nitrogens is 1. The van der Waals surface area contributed by atoms with Gasteiger partial charge in [-0.1, -0.05) is 140 Å². The molecule has 6 aromatic rings. The van der Waals surface area contributed by atoms with Crippen LogP contribution in [0.3, 0.4) is 0 Å². The van der Waals surface area contributed by atoms with Crippen molar-refractivity contribution in [2.24, 2.45) is 0 Å². The topological polar surface area (TPSA) is 32.9 Å². The summed E-state index contributed by atoms with van der Waals surface area (Å²) < 4.78 is 0. The minimum absolute atomic E-state index is 0.0979. The number of Topliss-reactive ketones (excluding diaryl/α,β-unsaturated/α-hetero) is 1. The highest BCUT2D eigenvalue weighted by molar-refractivity contribution is 7.96. The van der Waals surface area contributed by atoms with Gasteiger partial charge in [0.2, 0.25) is 0 Å². The van der Waals surface area contributed by atoms with Gasteiger partial charge in [0.05, 0.1) is 0 Å². The Morgan fingerprint density at radius 1 is 0.553 bits per heavy atom. The molecule has 0 saturated carbocycles. The van der Waals surface area contributed by atoms with Crippen molar-refractivity contribution in [2.45, 2.75) is 6.42 Å². The van der Waals surface area contributed by atoms with E-state index < -0.39 is 6.89 Å². The third kappa shape index (κ3) is 4.24. The predicted molar refractivity (Wildman–Crippen MR) is 163 cm³/mol. The fourth-order valence-electron chi connectivity index (χ4n) is 5.44. The molecule has 0 amide bonds. The molecule has 0 bridgehead atoms. The van der Waals surface area contributed by atoms with Crippen molar-refractivity contribution in [3.05, 3.63) is 163 Å². The largest absolute Gasteiger partial charge is 0.361 e. The fraction of sp³-hybridized carbons (Fsp3) is 0.0286. The first-order valence-electron chi connectivity index (χ1n) is 12.9. The van der Waals surface area contributed by atoms with Crippen molar-refractivity contribution < 1.29 is 4.79 Å². The molecule has 1 N–H and O–H groups in total. The SMILES string of the molecule is O=C(C(Cc1c[nH]c2ccccc12)=P(c1ccccc1)(c1ccccc1)c1ccccc1)c1ccccc1. The van der Waals surface area contributed by atoms with Crippen LogP contribution in [0.1, 0.15) is 15.9 Å². The minimum Gasteiger partial charge on any atom is -0.361 e. The van der Waals surface area contributed by atoms with Gasteiger partial charge in [-0.25, -0.2) is 0 Å². The van der Waals surface area contributed by atoms with E-state index >= 15 is 0 Å². The van der Waals surface area contributed by atoms with Gasteiger partial charge < -0.3 is 4.98 Å². The molecule has 5 aromatic carbocycles. The third-order valence-corrected chi connectivity index (χ3v) is 11.6. The van der Waals surface area contributed by atoms with Crippen LogP contribution in [-0.4, -0.2) is 16.1 Å². The fourth-order valence-corrected chi connectivity index (χ4v) is 9.96. The molecule has 3 heteroatoms. The molecule has 0 atom stereocenters. The summed E-state index contributed by atoms with van der Waals surface area (Å²) in [6, 6.07) is 49.9. The third-order valence-electron chi connectivity index (χ3n) is 7.17. The van der Waals surface area contributed by atoms with Gasteiger partial charge in [-0.05, 0) is 34.4 Å². The zero-order valence-electron chi connectivity index (χ0n) is 21.0. The second-order valence-electron chi connectivity index (χ2n) is 9.36. The average Bonchev–Trinajstić information content (AvgIpc) is 3.41. The molecular formula is C35H28NOP. The lowest BCUT2D eigenvalue weighted by molar-refractivity contribution is 0.106. The van der Waals surface area contributed by atoms with Crippen LogP contribution in [0.2, 0.25) is 0 Å². The number of aromatic amines is 1. The lowest BCUT2D eigenvalue weighted by atomic mass is 10.0. The number of rotatable bonds is 7. The number of hydrogen-bond donors (Lipinski definition) is 1. The molecule has 0 aliphatic heterocycles. The summed E-state index contributed by atoms with van der Waals surface area (Å²) in [5, 5.41) is 5.61. The maximum absolute atomic E-state index is 14.8. The van der Waals surface area contributed by atoms with Crippen molar-refractivity contribution >= 4 is 44.8 Å². The summed E-state index contributed by atoms with van der Waals surface area (Å²) in [4.78, 5) is 18.2. The summed E-state index contributed by atoms with van der Waals surface area (Å²) in [6.45, 7) is -2.55.